The van der Waals surface area contributed by atoms with Crippen molar-refractivity contribution in [3.63, 3.8) is 0 Å². The molecule has 4 rings (SSSR count). The van der Waals surface area contributed by atoms with E-state index in [0.29, 0.717) is 22.7 Å². The second-order valence-corrected chi connectivity index (χ2v) is 9.97. The summed E-state index contributed by atoms with van der Waals surface area (Å²) >= 11 is 4.19. The Kier molecular flexibility index (Phi) is 6.49. The van der Waals surface area contributed by atoms with Crippen molar-refractivity contribution in [3.05, 3.63) is 56.2 Å². The minimum absolute atomic E-state index is 0.162. The molecule has 0 fully saturated rings. The number of aromatic nitrogens is 4. The average Bonchev–Trinajstić information content (AvgIpc) is 3.46. The van der Waals surface area contributed by atoms with Gasteiger partial charge in [0.05, 0.1) is 28.6 Å². The number of hydrogen-bond acceptors (Lipinski definition) is 9. The number of carbonyl (C=O) groups excluding carboxylic acids is 1. The minimum Gasteiger partial charge on any atom is -0.416 e. The molecule has 160 valence electrons. The Morgan fingerprint density at radius 1 is 1.03 bits per heavy atom. The van der Waals surface area contributed by atoms with Crippen LogP contribution in [0.4, 0.5) is 5.13 Å². The zero-order valence-electron chi connectivity index (χ0n) is 17.6. The van der Waals surface area contributed by atoms with Crippen molar-refractivity contribution < 1.29 is 9.21 Å². The van der Waals surface area contributed by atoms with E-state index in [-0.39, 0.29) is 11.7 Å². The summed E-state index contributed by atoms with van der Waals surface area (Å²) in [7, 11) is 0. The van der Waals surface area contributed by atoms with Crippen LogP contribution in [0.1, 0.15) is 33.3 Å². The fraction of sp³-hybridized carbons (Fsp3) is 0.286. The summed E-state index contributed by atoms with van der Waals surface area (Å²) in [5.41, 5.74) is 6.50. The lowest BCUT2D eigenvalue weighted by Crippen LogP contribution is -2.13. The minimum atomic E-state index is -0.169. The molecule has 31 heavy (non-hydrogen) atoms. The monoisotopic (exact) mass is 471 g/mol. The number of hydrogen-bond donors (Lipinski definition) is 1. The maximum atomic E-state index is 12.3. The second kappa shape index (κ2) is 9.29. The van der Waals surface area contributed by atoms with Crippen LogP contribution in [-0.4, -0.2) is 31.8 Å². The van der Waals surface area contributed by atoms with E-state index in [0.717, 1.165) is 22.0 Å². The lowest BCUT2D eigenvalue weighted by atomic mass is 9.99. The molecule has 1 N–H and O–H groups in total. The molecule has 4 aromatic rings. The van der Waals surface area contributed by atoms with Crippen molar-refractivity contribution in [1.29, 1.82) is 0 Å². The van der Waals surface area contributed by atoms with Crippen molar-refractivity contribution in [2.24, 2.45) is 0 Å². The van der Waals surface area contributed by atoms with Crippen molar-refractivity contribution in [2.75, 3.05) is 11.1 Å². The number of anilines is 1. The first-order chi connectivity index (χ1) is 14.9. The predicted molar refractivity (Wildman–Crippen MR) is 125 cm³/mol. The van der Waals surface area contributed by atoms with E-state index in [1.165, 1.54) is 39.8 Å². The van der Waals surface area contributed by atoms with Gasteiger partial charge in [0, 0.05) is 16.3 Å². The average molecular weight is 472 g/mol. The SMILES string of the molecule is Cc1nc(Cc2nnc(SCC(=O)Nc3nc(-c4cc(C)c(C)cc4C)cs3)o2)cs1. The number of nitrogens with one attached hydrogen (secondary N) is 1. The van der Waals surface area contributed by atoms with Gasteiger partial charge in [-0.2, -0.15) is 0 Å². The Morgan fingerprint density at radius 2 is 1.84 bits per heavy atom. The molecular weight excluding hydrogens is 450 g/mol. The molecule has 1 aromatic carbocycles. The van der Waals surface area contributed by atoms with Gasteiger partial charge in [0.2, 0.25) is 11.8 Å². The second-order valence-electron chi connectivity index (χ2n) is 7.12. The first kappa shape index (κ1) is 21.7. The summed E-state index contributed by atoms with van der Waals surface area (Å²) in [6, 6.07) is 4.30. The van der Waals surface area contributed by atoms with Gasteiger partial charge in [-0.3, -0.25) is 4.79 Å². The Balaban J connectivity index is 1.32. The molecule has 1 amide bonds. The summed E-state index contributed by atoms with van der Waals surface area (Å²) in [4.78, 5) is 21.3. The topological polar surface area (TPSA) is 93.8 Å². The van der Waals surface area contributed by atoms with E-state index in [9.17, 15) is 4.79 Å². The summed E-state index contributed by atoms with van der Waals surface area (Å²) < 4.78 is 5.61. The molecule has 0 saturated heterocycles. The molecule has 0 radical (unpaired) electrons. The number of aryl methyl sites for hydroxylation is 4. The van der Waals surface area contributed by atoms with Crippen LogP contribution in [0.25, 0.3) is 11.3 Å². The van der Waals surface area contributed by atoms with Crippen LogP contribution >= 0.6 is 34.4 Å². The molecular formula is C21H21N5O2S3. The van der Waals surface area contributed by atoms with Crippen LogP contribution in [0.5, 0.6) is 0 Å². The lowest BCUT2D eigenvalue weighted by Gasteiger charge is -2.07. The molecule has 0 atom stereocenters. The normalized spacial score (nSPS) is 11.1. The predicted octanol–water partition coefficient (Wildman–Crippen LogP) is 5.20. The number of thiazole rings is 2. The number of nitrogens with zero attached hydrogens (tertiary/aromatic N) is 4. The summed E-state index contributed by atoms with van der Waals surface area (Å²) in [6.45, 7) is 8.22. The largest absolute Gasteiger partial charge is 0.416 e. The molecule has 0 aliphatic rings. The molecule has 0 saturated carbocycles. The quantitative estimate of drug-likeness (QED) is 0.370. The molecule has 0 aliphatic heterocycles. The van der Waals surface area contributed by atoms with Gasteiger partial charge >= 0.3 is 0 Å². The van der Waals surface area contributed by atoms with Gasteiger partial charge in [-0.05, 0) is 50.5 Å². The highest BCUT2D eigenvalue weighted by Gasteiger charge is 2.14. The summed E-state index contributed by atoms with van der Waals surface area (Å²) in [6.07, 6.45) is 0.490. The number of carbonyl (C=O) groups is 1. The molecule has 0 aliphatic carbocycles. The van der Waals surface area contributed by atoms with Crippen LogP contribution in [0, 0.1) is 27.7 Å². The van der Waals surface area contributed by atoms with Crippen LogP contribution in [0.2, 0.25) is 0 Å². The molecule has 0 bridgehead atoms. The standard InChI is InChI=1S/C21H21N5O2S3/c1-11-5-13(3)16(6-12(11)2)17-9-30-20(23-17)24-18(27)10-31-21-26-25-19(28-21)7-15-8-29-14(4)22-15/h5-6,8-9H,7,10H2,1-4H3,(H,23,24,27). The van der Waals surface area contributed by atoms with E-state index in [4.69, 9.17) is 4.42 Å². The third-order valence-corrected chi connectivity index (χ3v) is 7.04. The molecule has 0 unspecified atom stereocenters. The van der Waals surface area contributed by atoms with E-state index in [1.54, 1.807) is 11.3 Å². The first-order valence-electron chi connectivity index (χ1n) is 9.57. The Morgan fingerprint density at radius 3 is 2.61 bits per heavy atom. The van der Waals surface area contributed by atoms with Crippen LogP contribution in [0.3, 0.4) is 0 Å². The van der Waals surface area contributed by atoms with Crippen LogP contribution in [-0.2, 0) is 11.2 Å². The third-order valence-electron chi connectivity index (χ3n) is 4.64. The Hall–Kier alpha value is -2.56. The number of amides is 1. The third kappa shape index (κ3) is 5.38. The van der Waals surface area contributed by atoms with Gasteiger partial charge < -0.3 is 9.73 Å². The molecule has 3 aromatic heterocycles. The Bertz CT molecular complexity index is 1230. The van der Waals surface area contributed by atoms with Crippen LogP contribution in [0.15, 0.2) is 32.5 Å². The van der Waals surface area contributed by atoms with Gasteiger partial charge in [0.1, 0.15) is 0 Å². The van der Waals surface area contributed by atoms with Gasteiger partial charge in [0.25, 0.3) is 5.22 Å². The van der Waals surface area contributed by atoms with E-state index >= 15 is 0 Å². The van der Waals surface area contributed by atoms with E-state index < -0.39 is 0 Å². The smallest absolute Gasteiger partial charge is 0.277 e. The zero-order chi connectivity index (χ0) is 22.0. The van der Waals surface area contributed by atoms with Crippen LogP contribution < -0.4 is 5.32 Å². The highest BCUT2D eigenvalue weighted by molar-refractivity contribution is 7.99. The number of thioether (sulfide) groups is 1. The maximum Gasteiger partial charge on any atom is 0.277 e. The van der Waals surface area contributed by atoms with Crippen molar-refractivity contribution >= 4 is 45.5 Å². The molecule has 3 heterocycles. The van der Waals surface area contributed by atoms with Gasteiger partial charge in [-0.1, -0.05) is 17.8 Å². The van der Waals surface area contributed by atoms with Crippen molar-refractivity contribution in [3.8, 4) is 11.3 Å². The maximum absolute atomic E-state index is 12.3. The summed E-state index contributed by atoms with van der Waals surface area (Å²) in [5.74, 6) is 0.480. The van der Waals surface area contributed by atoms with Gasteiger partial charge in [0.15, 0.2) is 5.13 Å². The highest BCUT2D eigenvalue weighted by atomic mass is 32.2. The highest BCUT2D eigenvalue weighted by Crippen LogP contribution is 2.29. The molecule has 0 spiro atoms. The van der Waals surface area contributed by atoms with E-state index in [2.05, 4.69) is 58.4 Å². The molecule has 7 nitrogen and oxygen atoms in total. The zero-order valence-corrected chi connectivity index (χ0v) is 20.0. The summed E-state index contributed by atoms with van der Waals surface area (Å²) in [5, 5.41) is 16.7. The fourth-order valence-electron chi connectivity index (χ4n) is 2.99. The van der Waals surface area contributed by atoms with Crippen molar-refractivity contribution in [1.82, 2.24) is 20.2 Å². The van der Waals surface area contributed by atoms with E-state index in [1.807, 2.05) is 17.7 Å². The fourth-order valence-corrected chi connectivity index (χ4v) is 4.91. The molecule has 10 heteroatoms. The van der Waals surface area contributed by atoms with Gasteiger partial charge in [-0.15, -0.1) is 32.9 Å². The number of rotatable bonds is 7. The van der Waals surface area contributed by atoms with Crippen molar-refractivity contribution in [2.45, 2.75) is 39.3 Å². The first-order valence-corrected chi connectivity index (χ1v) is 12.3. The Labute approximate surface area is 192 Å². The lowest BCUT2D eigenvalue weighted by molar-refractivity contribution is -0.113. The van der Waals surface area contributed by atoms with Gasteiger partial charge in [-0.25, -0.2) is 9.97 Å². The number of benzene rings is 1.